The minimum atomic E-state index is 0.656. The maximum absolute atomic E-state index is 2.56. The maximum Gasteiger partial charge on any atom is 0.0483 e. The molecule has 1 aliphatic rings. The number of benzene rings is 1. The molecule has 2 heteroatoms. The first-order valence-electron chi connectivity index (χ1n) is 6.66. The van der Waals surface area contributed by atoms with Crippen LogP contribution in [0.15, 0.2) is 36.5 Å². The largest absolute Gasteiger partial charge is 0.343 e. The average Bonchev–Trinajstić information content (AvgIpc) is 2.82. The summed E-state index contributed by atoms with van der Waals surface area (Å²) in [7, 11) is 0. The Balaban J connectivity index is 1.92. The molecule has 1 unspecified atom stereocenters. The fraction of sp³-hybridized carbons (Fsp3) is 0.467. The zero-order valence-electron chi connectivity index (χ0n) is 10.5. The molecule has 0 spiro atoms. The Bertz CT molecular complexity index is 500. The topological polar surface area (TPSA) is 8.17 Å². The molecule has 1 atom stereocenters. The minimum absolute atomic E-state index is 0.656. The van der Waals surface area contributed by atoms with Crippen LogP contribution >= 0.6 is 0 Å². The summed E-state index contributed by atoms with van der Waals surface area (Å²) in [5, 5.41) is 1.36. The second kappa shape index (κ2) is 4.53. The smallest absolute Gasteiger partial charge is 0.0483 e. The van der Waals surface area contributed by atoms with Gasteiger partial charge in [0.05, 0.1) is 0 Å². The first-order chi connectivity index (χ1) is 8.38. The molecule has 1 aromatic heterocycles. The molecule has 1 aromatic carbocycles. The number of nitrogens with zero attached hydrogens (tertiary/aromatic N) is 2. The molecular formula is C15H20N2. The molecule has 90 valence electrons. The molecule has 0 radical (unpaired) electrons. The monoisotopic (exact) mass is 228 g/mol. The van der Waals surface area contributed by atoms with Gasteiger partial charge in [0.2, 0.25) is 0 Å². The Kier molecular flexibility index (Phi) is 2.89. The summed E-state index contributed by atoms with van der Waals surface area (Å²) in [6.07, 6.45) is 4.90. The fourth-order valence-corrected chi connectivity index (χ4v) is 2.97. The molecule has 1 saturated heterocycles. The predicted molar refractivity (Wildman–Crippen MR) is 72.3 cm³/mol. The molecule has 0 N–H and O–H groups in total. The molecule has 2 aromatic rings. The van der Waals surface area contributed by atoms with Crippen molar-refractivity contribution in [3.63, 3.8) is 0 Å². The third-order valence-corrected chi connectivity index (χ3v) is 3.95. The van der Waals surface area contributed by atoms with Crippen LogP contribution in [-0.4, -0.2) is 29.1 Å². The zero-order chi connectivity index (χ0) is 11.7. The van der Waals surface area contributed by atoms with Gasteiger partial charge in [-0.15, -0.1) is 0 Å². The highest BCUT2D eigenvalue weighted by Crippen LogP contribution is 2.26. The van der Waals surface area contributed by atoms with E-state index in [0.29, 0.717) is 6.04 Å². The first kappa shape index (κ1) is 10.8. The Morgan fingerprint density at radius 2 is 2.12 bits per heavy atom. The lowest BCUT2D eigenvalue weighted by Crippen LogP contribution is -2.36. The van der Waals surface area contributed by atoms with Gasteiger partial charge < -0.3 is 9.47 Å². The Morgan fingerprint density at radius 1 is 1.24 bits per heavy atom. The number of piperidine rings is 1. The first-order valence-corrected chi connectivity index (χ1v) is 6.66. The summed E-state index contributed by atoms with van der Waals surface area (Å²) < 4.78 is 2.47. The Labute approximate surface area is 103 Å². The highest BCUT2D eigenvalue weighted by atomic mass is 15.2. The second-order valence-electron chi connectivity index (χ2n) is 4.97. The molecule has 0 bridgehead atoms. The third kappa shape index (κ3) is 1.98. The van der Waals surface area contributed by atoms with E-state index in [0.717, 1.165) is 0 Å². The maximum atomic E-state index is 2.56. The average molecular weight is 228 g/mol. The molecule has 2 nitrogen and oxygen atoms in total. The standard InChI is InChI=1S/C15H20N2/c1-2-16-10-5-7-14(12-16)17-11-9-13-6-3-4-8-15(13)17/h3-4,6,8-9,11,14H,2,5,7,10,12H2,1H3. The van der Waals surface area contributed by atoms with Crippen molar-refractivity contribution in [3.8, 4) is 0 Å². The summed E-state index contributed by atoms with van der Waals surface area (Å²) in [5.74, 6) is 0. The molecular weight excluding hydrogens is 208 g/mol. The van der Waals surface area contributed by atoms with Gasteiger partial charge in [0.25, 0.3) is 0 Å². The van der Waals surface area contributed by atoms with Gasteiger partial charge in [0.15, 0.2) is 0 Å². The van der Waals surface area contributed by atoms with Crippen molar-refractivity contribution in [1.29, 1.82) is 0 Å². The number of likely N-dealkylation sites (tertiary alicyclic amines) is 1. The van der Waals surface area contributed by atoms with E-state index in [4.69, 9.17) is 0 Å². The van der Waals surface area contributed by atoms with E-state index in [-0.39, 0.29) is 0 Å². The summed E-state index contributed by atoms with van der Waals surface area (Å²) in [4.78, 5) is 2.56. The van der Waals surface area contributed by atoms with E-state index in [1.165, 1.54) is 43.4 Å². The molecule has 0 amide bonds. The van der Waals surface area contributed by atoms with Crippen molar-refractivity contribution >= 4 is 10.9 Å². The van der Waals surface area contributed by atoms with Crippen molar-refractivity contribution in [2.75, 3.05) is 19.6 Å². The molecule has 2 heterocycles. The van der Waals surface area contributed by atoms with Gasteiger partial charge in [0.1, 0.15) is 0 Å². The van der Waals surface area contributed by atoms with E-state index < -0.39 is 0 Å². The number of hydrogen-bond donors (Lipinski definition) is 0. The molecule has 1 fully saturated rings. The van der Waals surface area contributed by atoms with Gasteiger partial charge in [-0.3, -0.25) is 0 Å². The number of aromatic nitrogens is 1. The van der Waals surface area contributed by atoms with Crippen LogP contribution in [0.3, 0.4) is 0 Å². The van der Waals surface area contributed by atoms with Crippen LogP contribution in [0.1, 0.15) is 25.8 Å². The summed E-state index contributed by atoms with van der Waals surface area (Å²) in [5.41, 5.74) is 1.38. The van der Waals surface area contributed by atoms with Crippen molar-refractivity contribution in [1.82, 2.24) is 9.47 Å². The van der Waals surface area contributed by atoms with Crippen molar-refractivity contribution in [2.45, 2.75) is 25.8 Å². The van der Waals surface area contributed by atoms with E-state index >= 15 is 0 Å². The van der Waals surface area contributed by atoms with Gasteiger partial charge in [0, 0.05) is 24.3 Å². The van der Waals surface area contributed by atoms with Crippen LogP contribution in [-0.2, 0) is 0 Å². The van der Waals surface area contributed by atoms with Crippen LogP contribution in [0.4, 0.5) is 0 Å². The van der Waals surface area contributed by atoms with Crippen LogP contribution in [0.5, 0.6) is 0 Å². The Hall–Kier alpha value is -1.28. The third-order valence-electron chi connectivity index (χ3n) is 3.95. The summed E-state index contributed by atoms with van der Waals surface area (Å²) in [6.45, 7) is 5.91. The van der Waals surface area contributed by atoms with Crippen molar-refractivity contribution in [2.24, 2.45) is 0 Å². The summed E-state index contributed by atoms with van der Waals surface area (Å²) >= 11 is 0. The van der Waals surface area contributed by atoms with E-state index in [1.54, 1.807) is 0 Å². The number of likely N-dealkylation sites (N-methyl/N-ethyl adjacent to an activating group) is 1. The van der Waals surface area contributed by atoms with Gasteiger partial charge in [-0.25, -0.2) is 0 Å². The van der Waals surface area contributed by atoms with Gasteiger partial charge in [-0.05, 0) is 43.5 Å². The van der Waals surface area contributed by atoms with Crippen LogP contribution in [0, 0.1) is 0 Å². The van der Waals surface area contributed by atoms with Crippen LogP contribution in [0.25, 0.3) is 10.9 Å². The summed E-state index contributed by atoms with van der Waals surface area (Å²) in [6, 6.07) is 11.6. The second-order valence-corrected chi connectivity index (χ2v) is 4.97. The predicted octanol–water partition coefficient (Wildman–Crippen LogP) is 3.30. The fourth-order valence-electron chi connectivity index (χ4n) is 2.97. The molecule has 0 saturated carbocycles. The van der Waals surface area contributed by atoms with E-state index in [2.05, 4.69) is 52.9 Å². The normalized spacial score (nSPS) is 22.1. The van der Waals surface area contributed by atoms with Gasteiger partial charge in [-0.1, -0.05) is 25.1 Å². The van der Waals surface area contributed by atoms with Gasteiger partial charge >= 0.3 is 0 Å². The number of para-hydroxylation sites is 1. The Morgan fingerprint density at radius 3 is 3.00 bits per heavy atom. The van der Waals surface area contributed by atoms with Crippen molar-refractivity contribution < 1.29 is 0 Å². The zero-order valence-corrected chi connectivity index (χ0v) is 10.5. The highest BCUT2D eigenvalue weighted by Gasteiger charge is 2.20. The lowest BCUT2D eigenvalue weighted by molar-refractivity contribution is 0.188. The van der Waals surface area contributed by atoms with Crippen LogP contribution < -0.4 is 0 Å². The quantitative estimate of drug-likeness (QED) is 0.765. The number of fused-ring (bicyclic) bond motifs is 1. The lowest BCUT2D eigenvalue weighted by Gasteiger charge is -2.33. The van der Waals surface area contributed by atoms with Crippen LogP contribution in [0.2, 0.25) is 0 Å². The number of rotatable bonds is 2. The highest BCUT2D eigenvalue weighted by molar-refractivity contribution is 5.80. The van der Waals surface area contributed by atoms with E-state index in [9.17, 15) is 0 Å². The van der Waals surface area contributed by atoms with Gasteiger partial charge in [-0.2, -0.15) is 0 Å². The lowest BCUT2D eigenvalue weighted by atomic mass is 10.1. The minimum Gasteiger partial charge on any atom is -0.343 e. The van der Waals surface area contributed by atoms with E-state index in [1.807, 2.05) is 0 Å². The van der Waals surface area contributed by atoms with Crippen molar-refractivity contribution in [3.05, 3.63) is 36.5 Å². The molecule has 0 aliphatic carbocycles. The molecule has 3 rings (SSSR count). The molecule has 17 heavy (non-hydrogen) atoms. The number of hydrogen-bond acceptors (Lipinski definition) is 1. The molecule has 1 aliphatic heterocycles. The SMILES string of the molecule is CCN1CCCC(n2ccc3ccccc32)C1.